The van der Waals surface area contributed by atoms with E-state index in [0.29, 0.717) is 6.54 Å². The van der Waals surface area contributed by atoms with Gasteiger partial charge in [-0.25, -0.2) is 9.59 Å². The molecule has 2 aliphatic rings. The third-order valence-electron chi connectivity index (χ3n) is 4.07. The van der Waals surface area contributed by atoms with Gasteiger partial charge in [0.2, 0.25) is 5.91 Å². The number of hydrogen-bond acceptors (Lipinski definition) is 3. The fraction of sp³-hybridized carbons (Fsp3) is 0.769. The minimum absolute atomic E-state index is 0.0257. The fourth-order valence-corrected chi connectivity index (χ4v) is 2.99. The molecule has 2 rings (SSSR count). The van der Waals surface area contributed by atoms with Gasteiger partial charge in [-0.2, -0.15) is 0 Å². The van der Waals surface area contributed by atoms with Gasteiger partial charge in [0.15, 0.2) is 0 Å². The van der Waals surface area contributed by atoms with Gasteiger partial charge in [-0.1, -0.05) is 12.8 Å². The zero-order valence-electron chi connectivity index (χ0n) is 11.7. The molecule has 0 bridgehead atoms. The molecule has 2 fully saturated rings. The highest BCUT2D eigenvalue weighted by atomic mass is 16.4. The van der Waals surface area contributed by atoms with Crippen LogP contribution >= 0.6 is 0 Å². The first-order chi connectivity index (χ1) is 9.54. The summed E-state index contributed by atoms with van der Waals surface area (Å²) in [6.07, 6.45) is 4.10. The van der Waals surface area contributed by atoms with E-state index in [1.54, 1.807) is 4.90 Å². The van der Waals surface area contributed by atoms with Gasteiger partial charge < -0.3 is 15.3 Å². The second-order valence-electron chi connectivity index (χ2n) is 5.29. The molecule has 7 nitrogen and oxygen atoms in total. The summed E-state index contributed by atoms with van der Waals surface area (Å²) >= 11 is 0. The minimum atomic E-state index is -1.08. The number of rotatable bonds is 3. The van der Waals surface area contributed by atoms with Crippen molar-refractivity contribution < 1.29 is 19.5 Å². The molecule has 2 N–H and O–H groups in total. The van der Waals surface area contributed by atoms with Crippen molar-refractivity contribution in [3.05, 3.63) is 0 Å². The standard InChI is InChI=1S/C13H21N3O4/c1-2-15(9-5-3-4-6-9)13(20)16-8-11(17)14-7-10(16)12(18)19/h9-10H,2-8H2,1H3,(H,14,17)(H,18,19). The van der Waals surface area contributed by atoms with Crippen molar-refractivity contribution >= 4 is 17.9 Å². The topological polar surface area (TPSA) is 90.0 Å². The number of carboxylic acid groups (broad SMARTS) is 1. The van der Waals surface area contributed by atoms with Crippen LogP contribution in [0.4, 0.5) is 4.79 Å². The highest BCUT2D eigenvalue weighted by Crippen LogP contribution is 2.25. The number of nitrogens with zero attached hydrogens (tertiary/aromatic N) is 2. The van der Waals surface area contributed by atoms with Crippen LogP contribution in [-0.4, -0.2) is 64.5 Å². The van der Waals surface area contributed by atoms with Crippen LogP contribution in [0.1, 0.15) is 32.6 Å². The molecule has 0 aromatic heterocycles. The first-order valence-corrected chi connectivity index (χ1v) is 7.11. The van der Waals surface area contributed by atoms with Gasteiger partial charge in [-0.3, -0.25) is 9.69 Å². The molecule has 1 saturated heterocycles. The molecule has 20 heavy (non-hydrogen) atoms. The van der Waals surface area contributed by atoms with Gasteiger partial charge in [0.05, 0.1) is 0 Å². The Bertz CT molecular complexity index is 406. The number of piperazine rings is 1. The number of carbonyl (C=O) groups excluding carboxylic acids is 2. The summed E-state index contributed by atoms with van der Waals surface area (Å²) in [6.45, 7) is 2.21. The molecule has 112 valence electrons. The number of carboxylic acids is 1. The zero-order chi connectivity index (χ0) is 14.7. The largest absolute Gasteiger partial charge is 0.480 e. The summed E-state index contributed by atoms with van der Waals surface area (Å²) in [5.41, 5.74) is 0. The predicted octanol–water partition coefficient (Wildman–Crippen LogP) is 0.256. The van der Waals surface area contributed by atoms with Gasteiger partial charge in [-0.05, 0) is 19.8 Å². The van der Waals surface area contributed by atoms with Crippen LogP contribution in [0.15, 0.2) is 0 Å². The fourth-order valence-electron chi connectivity index (χ4n) is 2.99. The number of nitrogens with one attached hydrogen (secondary N) is 1. The van der Waals surface area contributed by atoms with E-state index in [1.807, 2.05) is 6.92 Å². The lowest BCUT2D eigenvalue weighted by Gasteiger charge is -2.38. The smallest absolute Gasteiger partial charge is 0.328 e. The maximum atomic E-state index is 12.6. The summed E-state index contributed by atoms with van der Waals surface area (Å²) in [6, 6.07) is -1.13. The van der Waals surface area contributed by atoms with Crippen molar-refractivity contribution in [2.45, 2.75) is 44.7 Å². The van der Waals surface area contributed by atoms with Crippen LogP contribution in [-0.2, 0) is 9.59 Å². The van der Waals surface area contributed by atoms with Crippen molar-refractivity contribution in [1.82, 2.24) is 15.1 Å². The van der Waals surface area contributed by atoms with Gasteiger partial charge >= 0.3 is 12.0 Å². The Balaban J connectivity index is 2.14. The van der Waals surface area contributed by atoms with Gasteiger partial charge in [0.25, 0.3) is 0 Å². The van der Waals surface area contributed by atoms with E-state index in [1.165, 1.54) is 4.90 Å². The predicted molar refractivity (Wildman–Crippen MR) is 71.2 cm³/mol. The van der Waals surface area contributed by atoms with Crippen molar-refractivity contribution in [1.29, 1.82) is 0 Å². The van der Waals surface area contributed by atoms with E-state index in [2.05, 4.69) is 5.32 Å². The Morgan fingerprint density at radius 1 is 1.40 bits per heavy atom. The molecule has 0 aromatic carbocycles. The molecular formula is C13H21N3O4. The molecule has 0 spiro atoms. The van der Waals surface area contributed by atoms with E-state index in [4.69, 9.17) is 0 Å². The van der Waals surface area contributed by atoms with Crippen molar-refractivity contribution in [3.63, 3.8) is 0 Å². The Hall–Kier alpha value is -1.79. The average molecular weight is 283 g/mol. The zero-order valence-corrected chi connectivity index (χ0v) is 11.7. The van der Waals surface area contributed by atoms with E-state index in [-0.39, 0.29) is 31.1 Å². The van der Waals surface area contributed by atoms with Crippen LogP contribution in [0.25, 0.3) is 0 Å². The van der Waals surface area contributed by atoms with E-state index in [9.17, 15) is 19.5 Å². The Morgan fingerprint density at radius 2 is 2.05 bits per heavy atom. The minimum Gasteiger partial charge on any atom is -0.480 e. The monoisotopic (exact) mass is 283 g/mol. The highest BCUT2D eigenvalue weighted by Gasteiger charge is 2.38. The number of hydrogen-bond donors (Lipinski definition) is 2. The molecular weight excluding hydrogens is 262 g/mol. The number of urea groups is 1. The lowest BCUT2D eigenvalue weighted by Crippen LogP contribution is -2.62. The lowest BCUT2D eigenvalue weighted by molar-refractivity contribution is -0.144. The molecule has 1 aliphatic carbocycles. The van der Waals surface area contributed by atoms with E-state index < -0.39 is 12.0 Å². The number of amides is 3. The van der Waals surface area contributed by atoms with Crippen LogP contribution in [0, 0.1) is 0 Å². The summed E-state index contributed by atoms with van der Waals surface area (Å²) in [4.78, 5) is 38.2. The molecule has 0 aromatic rings. The lowest BCUT2D eigenvalue weighted by atomic mass is 10.1. The van der Waals surface area contributed by atoms with Crippen LogP contribution in [0.5, 0.6) is 0 Å². The summed E-state index contributed by atoms with van der Waals surface area (Å²) in [5, 5.41) is 11.7. The van der Waals surface area contributed by atoms with Crippen molar-refractivity contribution in [2.24, 2.45) is 0 Å². The van der Waals surface area contributed by atoms with Crippen molar-refractivity contribution in [3.8, 4) is 0 Å². The second-order valence-corrected chi connectivity index (χ2v) is 5.29. The molecule has 1 saturated carbocycles. The van der Waals surface area contributed by atoms with E-state index in [0.717, 1.165) is 25.7 Å². The van der Waals surface area contributed by atoms with Crippen molar-refractivity contribution in [2.75, 3.05) is 19.6 Å². The normalized spacial score (nSPS) is 23.6. The Morgan fingerprint density at radius 3 is 2.60 bits per heavy atom. The molecule has 1 unspecified atom stereocenters. The third-order valence-corrected chi connectivity index (χ3v) is 4.07. The maximum absolute atomic E-state index is 12.6. The first-order valence-electron chi connectivity index (χ1n) is 7.11. The van der Waals surface area contributed by atoms with Gasteiger partial charge in [0, 0.05) is 19.1 Å². The number of aliphatic carboxylic acids is 1. The molecule has 1 atom stereocenters. The highest BCUT2D eigenvalue weighted by molar-refractivity contribution is 5.90. The van der Waals surface area contributed by atoms with Gasteiger partial charge in [-0.15, -0.1) is 0 Å². The van der Waals surface area contributed by atoms with Crippen LogP contribution < -0.4 is 5.32 Å². The molecule has 1 heterocycles. The SMILES string of the molecule is CCN(C(=O)N1CC(=O)NCC1C(=O)O)C1CCCC1. The van der Waals surface area contributed by atoms with Crippen LogP contribution in [0.3, 0.4) is 0 Å². The molecule has 7 heteroatoms. The summed E-state index contributed by atoms with van der Waals surface area (Å²) in [7, 11) is 0. The maximum Gasteiger partial charge on any atom is 0.328 e. The van der Waals surface area contributed by atoms with Gasteiger partial charge in [0.1, 0.15) is 12.6 Å². The third kappa shape index (κ3) is 2.86. The molecule has 0 radical (unpaired) electrons. The molecule has 1 aliphatic heterocycles. The van der Waals surface area contributed by atoms with Crippen LogP contribution in [0.2, 0.25) is 0 Å². The summed E-state index contributed by atoms with van der Waals surface area (Å²) < 4.78 is 0. The summed E-state index contributed by atoms with van der Waals surface area (Å²) in [5.74, 6) is -1.39. The van der Waals surface area contributed by atoms with E-state index >= 15 is 0 Å². The second kappa shape index (κ2) is 6.11. The molecule has 3 amide bonds. The number of carbonyl (C=O) groups is 3. The average Bonchev–Trinajstić information content (AvgIpc) is 2.93. The Labute approximate surface area is 117 Å². The quantitative estimate of drug-likeness (QED) is 0.777. The Kier molecular flexibility index (Phi) is 4.46. The first kappa shape index (κ1) is 14.6.